The number of rotatable bonds is 2. The minimum absolute atomic E-state index is 0.0104. The molecule has 0 unspecified atom stereocenters. The zero-order valence-corrected chi connectivity index (χ0v) is 6.02. The van der Waals surface area contributed by atoms with Gasteiger partial charge in [0.2, 0.25) is 6.41 Å². The molecule has 3 rings (SSSR count). The lowest BCUT2D eigenvalue weighted by atomic mass is 9.70. The number of nitrogens with one attached hydrogen (secondary N) is 1. The molecule has 56 valence electrons. The molecule has 2 aliphatic heterocycles. The topological polar surface area (TPSA) is 38.3 Å². The van der Waals surface area contributed by atoms with Crippen LogP contribution in [0.15, 0.2) is 0 Å². The standard InChI is InChI=1S/C7H11NO2/c1-6-2-7(3-6,4-10-6)8-5-9/h5H,2-4H2,1H3,(H,8,9). The summed E-state index contributed by atoms with van der Waals surface area (Å²) < 4.78 is 5.45. The van der Waals surface area contributed by atoms with Gasteiger partial charge in [0.25, 0.3) is 0 Å². The van der Waals surface area contributed by atoms with E-state index in [0.29, 0.717) is 6.61 Å². The maximum Gasteiger partial charge on any atom is 0.207 e. The van der Waals surface area contributed by atoms with Crippen LogP contribution in [0.2, 0.25) is 0 Å². The van der Waals surface area contributed by atoms with Crippen LogP contribution in [-0.2, 0) is 9.53 Å². The average Bonchev–Trinajstić information content (AvgIpc) is 2.21. The maximum absolute atomic E-state index is 10.1. The van der Waals surface area contributed by atoms with E-state index in [2.05, 4.69) is 12.2 Å². The molecule has 3 heteroatoms. The normalized spacial score (nSPS) is 50.1. The van der Waals surface area contributed by atoms with E-state index in [9.17, 15) is 4.79 Å². The second kappa shape index (κ2) is 1.53. The van der Waals surface area contributed by atoms with Gasteiger partial charge in [0, 0.05) is 12.8 Å². The van der Waals surface area contributed by atoms with Crippen LogP contribution in [0.4, 0.5) is 0 Å². The molecule has 2 saturated heterocycles. The van der Waals surface area contributed by atoms with Gasteiger partial charge in [0.15, 0.2) is 0 Å². The van der Waals surface area contributed by atoms with Gasteiger partial charge in [-0.3, -0.25) is 4.79 Å². The molecule has 0 spiro atoms. The van der Waals surface area contributed by atoms with Crippen LogP contribution in [-0.4, -0.2) is 24.2 Å². The zero-order chi connectivity index (χ0) is 7.24. The fourth-order valence-electron chi connectivity index (χ4n) is 2.17. The van der Waals surface area contributed by atoms with E-state index in [-0.39, 0.29) is 11.1 Å². The Morgan fingerprint density at radius 3 is 2.70 bits per heavy atom. The highest BCUT2D eigenvalue weighted by Gasteiger charge is 2.59. The van der Waals surface area contributed by atoms with Crippen LogP contribution in [0.3, 0.4) is 0 Å². The molecule has 1 amide bonds. The van der Waals surface area contributed by atoms with Crippen LogP contribution >= 0.6 is 0 Å². The highest BCUT2D eigenvalue weighted by molar-refractivity contribution is 5.49. The minimum atomic E-state index is 0.0104. The van der Waals surface area contributed by atoms with Gasteiger partial charge >= 0.3 is 0 Å². The van der Waals surface area contributed by atoms with Crippen LogP contribution in [0, 0.1) is 0 Å². The number of fused-ring (bicyclic) bond motifs is 1. The fourth-order valence-corrected chi connectivity index (χ4v) is 2.17. The molecule has 10 heavy (non-hydrogen) atoms. The number of carbonyl (C=O) groups excluding carboxylic acids is 1. The van der Waals surface area contributed by atoms with E-state index in [0.717, 1.165) is 19.3 Å². The Labute approximate surface area is 59.7 Å². The third-order valence-corrected chi connectivity index (χ3v) is 2.49. The molecule has 0 atom stereocenters. The van der Waals surface area contributed by atoms with Crippen LogP contribution in [0.25, 0.3) is 0 Å². The molecule has 1 aliphatic carbocycles. The quantitative estimate of drug-likeness (QED) is 0.552. The summed E-state index contributed by atoms with van der Waals surface area (Å²) in [6.07, 6.45) is 2.74. The predicted octanol–water partition coefficient (Wildman–Crippen LogP) is 0.0539. The Morgan fingerprint density at radius 2 is 2.30 bits per heavy atom. The average molecular weight is 141 g/mol. The first-order valence-electron chi connectivity index (χ1n) is 3.53. The van der Waals surface area contributed by atoms with Gasteiger partial charge in [-0.25, -0.2) is 0 Å². The summed E-state index contributed by atoms with van der Waals surface area (Å²) in [4.78, 5) is 10.1. The van der Waals surface area contributed by atoms with E-state index in [4.69, 9.17) is 4.74 Å². The lowest BCUT2D eigenvalue weighted by Gasteiger charge is -2.41. The van der Waals surface area contributed by atoms with E-state index in [1.807, 2.05) is 0 Å². The summed E-state index contributed by atoms with van der Waals surface area (Å²) in [7, 11) is 0. The van der Waals surface area contributed by atoms with Crippen molar-refractivity contribution in [2.45, 2.75) is 30.9 Å². The van der Waals surface area contributed by atoms with Gasteiger partial charge in [-0.05, 0) is 6.92 Å². The third kappa shape index (κ3) is 0.611. The molecule has 0 aromatic rings. The summed E-state index contributed by atoms with van der Waals surface area (Å²) in [6.45, 7) is 2.78. The van der Waals surface area contributed by atoms with Crippen LogP contribution in [0.1, 0.15) is 19.8 Å². The SMILES string of the molecule is CC12CC(NC=O)(CO1)C2. The molecule has 3 fully saturated rings. The Morgan fingerprint density at radius 1 is 1.60 bits per heavy atom. The molecule has 0 radical (unpaired) electrons. The Bertz CT molecular complexity index is 172. The molecule has 3 nitrogen and oxygen atoms in total. The summed E-state index contributed by atoms with van der Waals surface area (Å²) in [5, 5.41) is 2.81. The summed E-state index contributed by atoms with van der Waals surface area (Å²) in [5.41, 5.74) is 0.0898. The van der Waals surface area contributed by atoms with Gasteiger partial charge < -0.3 is 10.1 Å². The Kier molecular flexibility index (Phi) is 0.944. The number of hydrogen-bond donors (Lipinski definition) is 1. The summed E-state index contributed by atoms with van der Waals surface area (Å²) in [5.74, 6) is 0. The number of carbonyl (C=O) groups is 1. The monoisotopic (exact) mass is 141 g/mol. The molecule has 1 saturated carbocycles. The van der Waals surface area contributed by atoms with Crippen molar-refractivity contribution in [1.29, 1.82) is 0 Å². The van der Waals surface area contributed by atoms with Crippen molar-refractivity contribution in [3.8, 4) is 0 Å². The highest BCUT2D eigenvalue weighted by Crippen LogP contribution is 2.50. The molecule has 3 aliphatic rings. The highest BCUT2D eigenvalue weighted by atomic mass is 16.5. The Balaban J connectivity index is 2.06. The second-order valence-corrected chi connectivity index (χ2v) is 3.63. The minimum Gasteiger partial charge on any atom is -0.373 e. The fraction of sp³-hybridized carbons (Fsp3) is 0.857. The van der Waals surface area contributed by atoms with Crippen molar-refractivity contribution < 1.29 is 9.53 Å². The smallest absolute Gasteiger partial charge is 0.207 e. The van der Waals surface area contributed by atoms with Crippen LogP contribution < -0.4 is 5.32 Å². The zero-order valence-electron chi connectivity index (χ0n) is 6.02. The van der Waals surface area contributed by atoms with Gasteiger partial charge in [0.05, 0.1) is 17.7 Å². The second-order valence-electron chi connectivity index (χ2n) is 3.63. The third-order valence-electron chi connectivity index (χ3n) is 2.49. The van der Waals surface area contributed by atoms with Crippen LogP contribution in [0.5, 0.6) is 0 Å². The van der Waals surface area contributed by atoms with Crippen molar-refractivity contribution in [3.63, 3.8) is 0 Å². The summed E-state index contributed by atoms with van der Waals surface area (Å²) in [6, 6.07) is 0. The van der Waals surface area contributed by atoms with E-state index >= 15 is 0 Å². The van der Waals surface area contributed by atoms with Gasteiger partial charge in [0.1, 0.15) is 0 Å². The Hall–Kier alpha value is -0.570. The van der Waals surface area contributed by atoms with E-state index < -0.39 is 0 Å². The summed E-state index contributed by atoms with van der Waals surface area (Å²) >= 11 is 0. The number of hydrogen-bond acceptors (Lipinski definition) is 2. The van der Waals surface area contributed by atoms with Crippen molar-refractivity contribution in [2.24, 2.45) is 0 Å². The largest absolute Gasteiger partial charge is 0.373 e. The van der Waals surface area contributed by atoms with Crippen molar-refractivity contribution in [3.05, 3.63) is 0 Å². The van der Waals surface area contributed by atoms with Gasteiger partial charge in [-0.2, -0.15) is 0 Å². The van der Waals surface area contributed by atoms with Gasteiger partial charge in [-0.15, -0.1) is 0 Å². The van der Waals surface area contributed by atoms with E-state index in [1.165, 1.54) is 0 Å². The first-order valence-corrected chi connectivity index (χ1v) is 3.53. The number of amides is 1. The lowest BCUT2D eigenvalue weighted by Crippen LogP contribution is -2.56. The molecule has 2 bridgehead atoms. The molecular formula is C7H11NO2. The predicted molar refractivity (Wildman–Crippen MR) is 35.5 cm³/mol. The molecule has 2 heterocycles. The lowest BCUT2D eigenvalue weighted by molar-refractivity contribution is -0.112. The molecular weight excluding hydrogens is 130 g/mol. The van der Waals surface area contributed by atoms with Crippen molar-refractivity contribution in [2.75, 3.05) is 6.61 Å². The van der Waals surface area contributed by atoms with E-state index in [1.54, 1.807) is 0 Å². The number of ether oxygens (including phenoxy) is 1. The van der Waals surface area contributed by atoms with Crippen molar-refractivity contribution in [1.82, 2.24) is 5.32 Å². The first-order chi connectivity index (χ1) is 4.68. The maximum atomic E-state index is 10.1. The van der Waals surface area contributed by atoms with Crippen molar-refractivity contribution >= 4 is 6.41 Å². The molecule has 1 N–H and O–H groups in total. The molecule has 0 aromatic heterocycles. The first kappa shape index (κ1) is 6.16. The van der Waals surface area contributed by atoms with Gasteiger partial charge in [-0.1, -0.05) is 0 Å². The molecule has 0 aromatic carbocycles.